The molecule has 0 saturated heterocycles. The Kier molecular flexibility index (Phi) is 5.69. The minimum atomic E-state index is -0.601. The van der Waals surface area contributed by atoms with Crippen LogP contribution in [0.25, 0.3) is 0 Å². The van der Waals surface area contributed by atoms with Gasteiger partial charge in [0.2, 0.25) is 5.91 Å². The molecule has 106 valence electrons. The van der Waals surface area contributed by atoms with Crippen molar-refractivity contribution < 1.29 is 13.6 Å². The van der Waals surface area contributed by atoms with E-state index in [1.54, 1.807) is 11.9 Å². The van der Waals surface area contributed by atoms with Crippen LogP contribution in [0.2, 0.25) is 0 Å². The monoisotopic (exact) mass is 290 g/mol. The Hall–Kier alpha value is -1.20. The number of hydrogen-bond acceptors (Lipinski definition) is 2. The highest BCUT2D eigenvalue weighted by molar-refractivity contribution is 5.85. The van der Waals surface area contributed by atoms with E-state index < -0.39 is 11.6 Å². The molecule has 0 aromatic heterocycles. The lowest BCUT2D eigenvalue weighted by molar-refractivity contribution is -0.131. The minimum absolute atomic E-state index is 0. The van der Waals surface area contributed by atoms with Gasteiger partial charge in [0.1, 0.15) is 11.6 Å². The lowest BCUT2D eigenvalue weighted by atomic mass is 10.2. The smallest absolute Gasteiger partial charge is 0.237 e. The van der Waals surface area contributed by atoms with Crippen molar-refractivity contribution in [2.75, 3.05) is 13.6 Å². The van der Waals surface area contributed by atoms with E-state index >= 15 is 0 Å². The highest BCUT2D eigenvalue weighted by Gasteiger charge is 2.32. The number of likely N-dealkylation sites (N-methyl/N-ethyl adjacent to an activating group) is 1. The summed E-state index contributed by atoms with van der Waals surface area (Å²) >= 11 is 0. The number of rotatable bonds is 5. The van der Waals surface area contributed by atoms with Crippen LogP contribution in [0.1, 0.15) is 18.4 Å². The van der Waals surface area contributed by atoms with Crippen LogP contribution in [-0.4, -0.2) is 30.4 Å². The third-order valence-corrected chi connectivity index (χ3v) is 2.99. The second kappa shape index (κ2) is 6.82. The third kappa shape index (κ3) is 4.14. The molecule has 0 bridgehead atoms. The second-order valence-corrected chi connectivity index (χ2v) is 4.52. The number of hydrogen-bond donors (Lipinski definition) is 1. The molecule has 0 heterocycles. The summed E-state index contributed by atoms with van der Waals surface area (Å²) in [6.45, 7) is 0.441. The predicted molar refractivity (Wildman–Crippen MR) is 71.1 cm³/mol. The van der Waals surface area contributed by atoms with Crippen LogP contribution in [0, 0.1) is 11.6 Å². The van der Waals surface area contributed by atoms with Crippen LogP contribution >= 0.6 is 12.4 Å². The van der Waals surface area contributed by atoms with E-state index in [0.717, 1.165) is 18.9 Å². The van der Waals surface area contributed by atoms with E-state index in [-0.39, 0.29) is 37.4 Å². The molecule has 1 N–H and O–H groups in total. The zero-order valence-corrected chi connectivity index (χ0v) is 11.5. The largest absolute Gasteiger partial charge is 0.334 e. The summed E-state index contributed by atoms with van der Waals surface area (Å²) in [6, 6.07) is 3.66. The van der Waals surface area contributed by atoms with Crippen LogP contribution in [0.3, 0.4) is 0 Å². The molecule has 1 aromatic rings. The Morgan fingerprint density at radius 1 is 1.42 bits per heavy atom. The van der Waals surface area contributed by atoms with Gasteiger partial charge in [0.05, 0.1) is 6.54 Å². The number of amides is 1. The molecular weight excluding hydrogens is 274 g/mol. The van der Waals surface area contributed by atoms with Gasteiger partial charge in [-0.05, 0) is 26.0 Å². The lowest BCUT2D eigenvalue weighted by Gasteiger charge is -2.22. The first-order valence-corrected chi connectivity index (χ1v) is 6.00. The van der Waals surface area contributed by atoms with Gasteiger partial charge in [-0.15, -0.1) is 12.4 Å². The van der Waals surface area contributed by atoms with Gasteiger partial charge in [-0.25, -0.2) is 8.78 Å². The van der Waals surface area contributed by atoms with Gasteiger partial charge in [0.15, 0.2) is 0 Å². The first-order valence-electron chi connectivity index (χ1n) is 6.00. The molecule has 1 aliphatic rings. The summed E-state index contributed by atoms with van der Waals surface area (Å²) in [7, 11) is 1.70. The Balaban J connectivity index is 0.00000180. The number of nitrogens with zero attached hydrogens (tertiary/aromatic N) is 1. The Morgan fingerprint density at radius 3 is 2.63 bits per heavy atom. The van der Waals surface area contributed by atoms with E-state index in [0.29, 0.717) is 5.56 Å². The summed E-state index contributed by atoms with van der Waals surface area (Å²) in [4.78, 5) is 13.5. The van der Waals surface area contributed by atoms with Gasteiger partial charge >= 0.3 is 0 Å². The van der Waals surface area contributed by atoms with Crippen LogP contribution in [-0.2, 0) is 11.3 Å². The molecule has 2 rings (SSSR count). The lowest BCUT2D eigenvalue weighted by Crippen LogP contribution is -2.38. The molecule has 1 saturated carbocycles. The van der Waals surface area contributed by atoms with Gasteiger partial charge < -0.3 is 10.2 Å². The molecule has 6 heteroatoms. The molecule has 1 fully saturated rings. The number of carbonyl (C=O) groups is 1. The van der Waals surface area contributed by atoms with Gasteiger partial charge in [-0.2, -0.15) is 0 Å². The van der Waals surface area contributed by atoms with Gasteiger partial charge in [-0.3, -0.25) is 4.79 Å². The molecular formula is C13H17ClF2N2O. The van der Waals surface area contributed by atoms with Gasteiger partial charge in [0, 0.05) is 24.2 Å². The van der Waals surface area contributed by atoms with Crippen molar-refractivity contribution >= 4 is 18.3 Å². The van der Waals surface area contributed by atoms with E-state index in [1.807, 2.05) is 0 Å². The number of carbonyl (C=O) groups excluding carboxylic acids is 1. The maximum atomic E-state index is 13.6. The fourth-order valence-electron chi connectivity index (χ4n) is 1.89. The van der Waals surface area contributed by atoms with Gasteiger partial charge in [0.25, 0.3) is 0 Å². The average Bonchev–Trinajstić information content (AvgIpc) is 3.12. The van der Waals surface area contributed by atoms with Gasteiger partial charge in [-0.1, -0.05) is 6.07 Å². The zero-order chi connectivity index (χ0) is 13.1. The average molecular weight is 291 g/mol. The van der Waals surface area contributed by atoms with Crippen molar-refractivity contribution in [1.82, 2.24) is 10.2 Å². The van der Waals surface area contributed by atoms with E-state index in [1.165, 1.54) is 12.1 Å². The Bertz CT molecular complexity index is 452. The maximum absolute atomic E-state index is 13.6. The first-order chi connectivity index (χ1) is 8.61. The quantitative estimate of drug-likeness (QED) is 0.901. The topological polar surface area (TPSA) is 32.3 Å². The standard InChI is InChI=1S/C13H16F2N2O.ClH/c1-16-7-13(18)17(11-4-5-11)8-9-2-3-10(14)6-12(9)15;/h2-3,6,11,16H,4-5,7-8H2,1H3;1H. The molecule has 3 nitrogen and oxygen atoms in total. The number of benzene rings is 1. The molecule has 1 aromatic carbocycles. The van der Waals surface area contributed by atoms with Crippen molar-refractivity contribution in [3.8, 4) is 0 Å². The van der Waals surface area contributed by atoms with Crippen LogP contribution in [0.5, 0.6) is 0 Å². The molecule has 0 radical (unpaired) electrons. The number of halogens is 3. The van der Waals surface area contributed by atoms with E-state index in [4.69, 9.17) is 0 Å². The predicted octanol–water partition coefficient (Wildman–Crippen LogP) is 2.10. The SMILES string of the molecule is CNCC(=O)N(Cc1ccc(F)cc1F)C1CC1.Cl. The molecule has 0 atom stereocenters. The van der Waals surface area contributed by atoms with Crippen LogP contribution in [0.4, 0.5) is 8.78 Å². The van der Waals surface area contributed by atoms with E-state index in [9.17, 15) is 13.6 Å². The second-order valence-electron chi connectivity index (χ2n) is 4.52. The molecule has 0 unspecified atom stereocenters. The molecule has 19 heavy (non-hydrogen) atoms. The summed E-state index contributed by atoms with van der Waals surface area (Å²) in [5.41, 5.74) is 0.354. The zero-order valence-electron chi connectivity index (χ0n) is 10.7. The first kappa shape index (κ1) is 15.9. The Labute approximate surface area is 117 Å². The van der Waals surface area contributed by atoms with Crippen molar-refractivity contribution in [2.45, 2.75) is 25.4 Å². The molecule has 1 amide bonds. The van der Waals surface area contributed by atoms with E-state index in [2.05, 4.69) is 5.32 Å². The highest BCUT2D eigenvalue weighted by Crippen LogP contribution is 2.28. The summed E-state index contributed by atoms with van der Waals surface area (Å²) < 4.78 is 26.4. The van der Waals surface area contributed by atoms with Crippen molar-refractivity contribution in [3.05, 3.63) is 35.4 Å². The van der Waals surface area contributed by atoms with Crippen molar-refractivity contribution in [2.24, 2.45) is 0 Å². The fraction of sp³-hybridized carbons (Fsp3) is 0.462. The summed E-state index contributed by atoms with van der Waals surface area (Å²) in [5.74, 6) is -1.25. The number of nitrogens with one attached hydrogen (secondary N) is 1. The fourth-order valence-corrected chi connectivity index (χ4v) is 1.89. The molecule has 0 aliphatic heterocycles. The Morgan fingerprint density at radius 2 is 2.11 bits per heavy atom. The summed E-state index contributed by atoms with van der Waals surface area (Å²) in [5, 5.41) is 2.80. The van der Waals surface area contributed by atoms with Crippen molar-refractivity contribution in [1.29, 1.82) is 0 Å². The molecule has 0 spiro atoms. The maximum Gasteiger partial charge on any atom is 0.237 e. The van der Waals surface area contributed by atoms with Crippen LogP contribution in [0.15, 0.2) is 18.2 Å². The normalized spacial score (nSPS) is 13.8. The van der Waals surface area contributed by atoms with Crippen molar-refractivity contribution in [3.63, 3.8) is 0 Å². The van der Waals surface area contributed by atoms with Crippen LogP contribution < -0.4 is 5.32 Å². The third-order valence-electron chi connectivity index (χ3n) is 2.99. The summed E-state index contributed by atoms with van der Waals surface area (Å²) in [6.07, 6.45) is 1.91. The molecule has 1 aliphatic carbocycles. The minimum Gasteiger partial charge on any atom is -0.334 e. The highest BCUT2D eigenvalue weighted by atomic mass is 35.5.